The fraction of sp³-hybridized carbons (Fsp3) is 0.162. The van der Waals surface area contributed by atoms with E-state index in [9.17, 15) is 0 Å². The quantitative estimate of drug-likeness (QED) is 0.171. The van der Waals surface area contributed by atoms with Gasteiger partial charge in [0.05, 0.1) is 5.58 Å². The van der Waals surface area contributed by atoms with Crippen LogP contribution in [-0.4, -0.2) is 15.0 Å². The molecule has 0 N–H and O–H groups in total. The van der Waals surface area contributed by atoms with Crippen molar-refractivity contribution in [3.63, 3.8) is 0 Å². The van der Waals surface area contributed by atoms with Crippen LogP contribution in [0.2, 0.25) is 0 Å². The summed E-state index contributed by atoms with van der Waals surface area (Å²) < 4.78 is 6.46. The van der Waals surface area contributed by atoms with Gasteiger partial charge in [-0.1, -0.05) is 67.6 Å². The molecule has 4 heterocycles. The summed E-state index contributed by atoms with van der Waals surface area (Å²) >= 11 is 0. The number of aromatic nitrogens is 3. The van der Waals surface area contributed by atoms with E-state index in [4.69, 9.17) is 4.42 Å². The SMILES string of the molecule is Cc1nccc2ccc3c4cc[c-]c(-c5cc(CC(C)(C)C)ccn5)c4oc3c12.[Ir].[c-]1ccccc1-c1ccccn1. The first kappa shape index (κ1) is 29.3. The van der Waals surface area contributed by atoms with Gasteiger partial charge in [0.2, 0.25) is 0 Å². The maximum Gasteiger partial charge on any atom is 0.130 e. The third-order valence-electron chi connectivity index (χ3n) is 6.98. The predicted octanol–water partition coefficient (Wildman–Crippen LogP) is 9.44. The maximum absolute atomic E-state index is 6.46. The monoisotopic (exact) mass is 726 g/mol. The van der Waals surface area contributed by atoms with E-state index in [1.54, 1.807) is 6.20 Å². The molecule has 0 saturated heterocycles. The number of rotatable bonds is 3. The Morgan fingerprint density at radius 2 is 1.50 bits per heavy atom. The molecule has 1 radical (unpaired) electrons. The number of furan rings is 1. The number of hydrogen-bond acceptors (Lipinski definition) is 4. The Kier molecular flexibility index (Phi) is 8.63. The van der Waals surface area contributed by atoms with Crippen LogP contribution in [0.25, 0.3) is 55.2 Å². The van der Waals surface area contributed by atoms with Crippen molar-refractivity contribution in [2.24, 2.45) is 5.41 Å². The minimum absolute atomic E-state index is 0. The van der Waals surface area contributed by atoms with Crippen LogP contribution in [-0.2, 0) is 26.5 Å². The smallest absolute Gasteiger partial charge is 0.130 e. The molecular formula is C37H31IrN3O-2. The topological polar surface area (TPSA) is 51.8 Å². The molecule has 7 aromatic rings. The molecule has 7 rings (SSSR count). The largest absolute Gasteiger partial charge is 0.500 e. The Hall–Kier alpha value is -4.18. The molecule has 0 unspecified atom stereocenters. The van der Waals surface area contributed by atoms with Gasteiger partial charge < -0.3 is 14.4 Å². The minimum atomic E-state index is 0. The van der Waals surface area contributed by atoms with Crippen molar-refractivity contribution in [3.8, 4) is 22.5 Å². The molecule has 4 aromatic heterocycles. The van der Waals surface area contributed by atoms with E-state index in [0.29, 0.717) is 0 Å². The summed E-state index contributed by atoms with van der Waals surface area (Å²) in [5, 5.41) is 4.40. The molecule has 0 amide bonds. The Balaban J connectivity index is 0.000000228. The molecule has 0 atom stereocenters. The molecule has 211 valence electrons. The number of benzene rings is 3. The summed E-state index contributed by atoms with van der Waals surface area (Å²) in [5.41, 5.74) is 8.00. The van der Waals surface area contributed by atoms with Gasteiger partial charge in [0.25, 0.3) is 0 Å². The van der Waals surface area contributed by atoms with Crippen molar-refractivity contribution in [2.75, 3.05) is 0 Å². The number of fused-ring (bicyclic) bond motifs is 5. The van der Waals surface area contributed by atoms with E-state index in [1.165, 1.54) is 5.56 Å². The average molecular weight is 726 g/mol. The van der Waals surface area contributed by atoms with Gasteiger partial charge in [0.15, 0.2) is 0 Å². The number of hydrogen-bond donors (Lipinski definition) is 0. The molecule has 0 saturated carbocycles. The molecular weight excluding hydrogens is 695 g/mol. The molecule has 5 heteroatoms. The first-order chi connectivity index (χ1) is 19.9. The van der Waals surface area contributed by atoms with Gasteiger partial charge in [0.1, 0.15) is 5.58 Å². The van der Waals surface area contributed by atoms with Crippen LogP contribution in [0.15, 0.2) is 108 Å². The Bertz CT molecular complexity index is 1920. The first-order valence-corrected chi connectivity index (χ1v) is 13.8. The van der Waals surface area contributed by atoms with Gasteiger partial charge in [-0.05, 0) is 53.7 Å². The summed E-state index contributed by atoms with van der Waals surface area (Å²) in [4.78, 5) is 13.3. The zero-order valence-corrected chi connectivity index (χ0v) is 26.5. The molecule has 0 aliphatic carbocycles. The second kappa shape index (κ2) is 12.4. The zero-order valence-electron chi connectivity index (χ0n) is 24.1. The summed E-state index contributed by atoms with van der Waals surface area (Å²) in [5.74, 6) is 0. The Morgan fingerprint density at radius 3 is 2.26 bits per heavy atom. The van der Waals surface area contributed by atoms with Gasteiger partial charge >= 0.3 is 0 Å². The van der Waals surface area contributed by atoms with Crippen molar-refractivity contribution in [1.29, 1.82) is 0 Å². The van der Waals surface area contributed by atoms with Gasteiger partial charge in [-0.3, -0.25) is 4.98 Å². The second-order valence-corrected chi connectivity index (χ2v) is 11.4. The van der Waals surface area contributed by atoms with Crippen LogP contribution in [0.4, 0.5) is 0 Å². The molecule has 0 aliphatic heterocycles. The fourth-order valence-electron chi connectivity index (χ4n) is 5.22. The normalized spacial score (nSPS) is 11.2. The first-order valence-electron chi connectivity index (χ1n) is 13.8. The van der Waals surface area contributed by atoms with Crippen LogP contribution >= 0.6 is 0 Å². The molecule has 0 fully saturated rings. The molecule has 0 bridgehead atoms. The number of pyridine rings is 3. The molecule has 0 aliphatic rings. The third-order valence-corrected chi connectivity index (χ3v) is 6.98. The predicted molar refractivity (Wildman–Crippen MR) is 167 cm³/mol. The van der Waals surface area contributed by atoms with Crippen LogP contribution in [0.5, 0.6) is 0 Å². The molecule has 4 nitrogen and oxygen atoms in total. The van der Waals surface area contributed by atoms with E-state index in [1.807, 2.05) is 73.9 Å². The van der Waals surface area contributed by atoms with E-state index in [-0.39, 0.29) is 25.5 Å². The van der Waals surface area contributed by atoms with E-state index in [2.05, 4.69) is 78.2 Å². The fourth-order valence-corrected chi connectivity index (χ4v) is 5.22. The van der Waals surface area contributed by atoms with Crippen LogP contribution in [0, 0.1) is 24.5 Å². The minimum Gasteiger partial charge on any atom is -0.500 e. The summed E-state index contributed by atoms with van der Waals surface area (Å²) in [6.07, 6.45) is 6.51. The van der Waals surface area contributed by atoms with Gasteiger partial charge in [0, 0.05) is 55.2 Å². The van der Waals surface area contributed by atoms with E-state index >= 15 is 0 Å². The third kappa shape index (κ3) is 6.18. The van der Waals surface area contributed by atoms with E-state index < -0.39 is 0 Å². The van der Waals surface area contributed by atoms with Crippen molar-refractivity contribution in [1.82, 2.24) is 15.0 Å². The van der Waals surface area contributed by atoms with Gasteiger partial charge in [-0.2, -0.15) is 0 Å². The molecule has 42 heavy (non-hydrogen) atoms. The summed E-state index contributed by atoms with van der Waals surface area (Å²) in [6.45, 7) is 8.78. The van der Waals surface area contributed by atoms with Crippen LogP contribution < -0.4 is 0 Å². The maximum atomic E-state index is 6.46. The summed E-state index contributed by atoms with van der Waals surface area (Å²) in [7, 11) is 0. The van der Waals surface area contributed by atoms with Crippen LogP contribution in [0.3, 0.4) is 0 Å². The van der Waals surface area contributed by atoms with E-state index in [0.717, 1.165) is 67.3 Å². The standard InChI is InChI=1S/C26H23N2O.C11H8N.Ir/c1-16-23-18(11-13-27-16)8-9-20-19-6-5-7-21(24(19)29-25(20)23)22-14-17(10-12-28-22)15-26(2,3)4;1-2-6-10(7-3-1)11-8-4-5-9-12-11;/h5-6,8-14H,15H2,1-4H3;1-6,8-9H;/q2*-1;. The number of aryl methyl sites for hydroxylation is 1. The average Bonchev–Trinajstić information content (AvgIpc) is 3.37. The molecule has 3 aromatic carbocycles. The van der Waals surface area contributed by atoms with Gasteiger partial charge in [-0.25, -0.2) is 0 Å². The van der Waals surface area contributed by atoms with Crippen molar-refractivity contribution in [3.05, 3.63) is 127 Å². The van der Waals surface area contributed by atoms with Crippen LogP contribution in [0.1, 0.15) is 32.0 Å². The zero-order chi connectivity index (χ0) is 28.4. The van der Waals surface area contributed by atoms with Crippen molar-refractivity contribution < 1.29 is 24.5 Å². The molecule has 0 spiro atoms. The summed E-state index contributed by atoms with van der Waals surface area (Å²) in [6, 6.07) is 34.8. The number of nitrogens with zero attached hydrogens (tertiary/aromatic N) is 3. The van der Waals surface area contributed by atoms with Crippen molar-refractivity contribution in [2.45, 2.75) is 34.1 Å². The van der Waals surface area contributed by atoms with Crippen molar-refractivity contribution >= 4 is 32.7 Å². The Labute approximate surface area is 260 Å². The second-order valence-electron chi connectivity index (χ2n) is 11.4. The van der Waals surface area contributed by atoms with Gasteiger partial charge in [-0.15, -0.1) is 54.1 Å². The Morgan fingerprint density at radius 1 is 0.714 bits per heavy atom.